The monoisotopic (exact) mass is 313 g/mol. The molecule has 0 aromatic heterocycles. The van der Waals surface area contributed by atoms with Gasteiger partial charge in [0.1, 0.15) is 0 Å². The van der Waals surface area contributed by atoms with Crippen LogP contribution in [-0.2, 0) is 14.8 Å². The summed E-state index contributed by atoms with van der Waals surface area (Å²) in [6, 6.07) is 3.73. The van der Waals surface area contributed by atoms with E-state index in [1.807, 2.05) is 32.9 Å². The smallest absolute Gasteiger partial charge is 0.253 e. The largest absolute Gasteiger partial charge is 0.385 e. The Morgan fingerprint density at radius 1 is 1.19 bits per heavy atom. The third kappa shape index (κ3) is 3.94. The summed E-state index contributed by atoms with van der Waals surface area (Å²) >= 11 is 0. The lowest BCUT2D eigenvalue weighted by Gasteiger charge is -2.27. The predicted octanol–water partition coefficient (Wildman–Crippen LogP) is 1.26. The molecule has 0 amide bonds. The highest BCUT2D eigenvalue weighted by Crippen LogP contribution is 2.24. The molecule has 2 N–H and O–H groups in total. The first-order chi connectivity index (χ1) is 9.94. The molecular formula is C14H23N3O3S. The third-order valence-electron chi connectivity index (χ3n) is 3.37. The second-order valence-corrected chi connectivity index (χ2v) is 6.76. The van der Waals surface area contributed by atoms with E-state index >= 15 is 0 Å². The topological polar surface area (TPSA) is 70.7 Å². The van der Waals surface area contributed by atoms with Crippen LogP contribution in [0.3, 0.4) is 0 Å². The van der Waals surface area contributed by atoms with E-state index in [1.54, 1.807) is 5.01 Å². The van der Waals surface area contributed by atoms with Gasteiger partial charge in [0, 0.05) is 25.3 Å². The third-order valence-corrected chi connectivity index (χ3v) is 5.05. The minimum Gasteiger partial charge on any atom is -0.385 e. The summed E-state index contributed by atoms with van der Waals surface area (Å²) in [6.07, 6.45) is 0. The molecule has 1 aliphatic heterocycles. The highest BCUT2D eigenvalue weighted by Gasteiger charge is 2.24. The maximum atomic E-state index is 12.6. The summed E-state index contributed by atoms with van der Waals surface area (Å²) in [5.41, 5.74) is 2.43. The van der Waals surface area contributed by atoms with Crippen molar-refractivity contribution >= 4 is 15.7 Å². The van der Waals surface area contributed by atoms with Gasteiger partial charge in [-0.2, -0.15) is 0 Å². The van der Waals surface area contributed by atoms with Gasteiger partial charge in [0.05, 0.1) is 18.1 Å². The summed E-state index contributed by atoms with van der Waals surface area (Å²) in [6.45, 7) is 8.66. The Kier molecular flexibility index (Phi) is 5.21. The Balaban J connectivity index is 2.26. The zero-order valence-electron chi connectivity index (χ0n) is 12.8. The fourth-order valence-electron chi connectivity index (χ4n) is 2.55. The lowest BCUT2D eigenvalue weighted by molar-refractivity contribution is 0.0272. The van der Waals surface area contributed by atoms with Crippen molar-refractivity contribution in [2.75, 3.05) is 38.2 Å². The van der Waals surface area contributed by atoms with Crippen LogP contribution in [0, 0.1) is 13.8 Å². The van der Waals surface area contributed by atoms with Crippen LogP contribution in [0.15, 0.2) is 17.0 Å². The van der Waals surface area contributed by atoms with Crippen molar-refractivity contribution in [2.45, 2.75) is 25.7 Å². The molecule has 118 valence electrons. The molecule has 1 saturated heterocycles. The van der Waals surface area contributed by atoms with E-state index in [2.05, 4.69) is 10.1 Å². The average molecular weight is 313 g/mol. The molecule has 1 fully saturated rings. The zero-order valence-corrected chi connectivity index (χ0v) is 13.6. The van der Waals surface area contributed by atoms with Crippen molar-refractivity contribution in [3.05, 3.63) is 23.3 Å². The van der Waals surface area contributed by atoms with Crippen LogP contribution >= 0.6 is 0 Å². The molecule has 0 radical (unpaired) electrons. The Bertz CT molecular complexity index is 572. The summed E-state index contributed by atoms with van der Waals surface area (Å²) in [5, 5.41) is 4.90. The average Bonchev–Trinajstić information content (AvgIpc) is 2.38. The van der Waals surface area contributed by atoms with Crippen LogP contribution in [0.4, 0.5) is 5.69 Å². The van der Waals surface area contributed by atoms with Gasteiger partial charge in [-0.05, 0) is 44.0 Å². The highest BCUT2D eigenvalue weighted by atomic mass is 32.2. The minimum absolute atomic E-state index is 0.357. The fraction of sp³-hybridized carbons (Fsp3) is 0.571. The number of morpholine rings is 1. The number of hydrogen-bond acceptors (Lipinski definition) is 5. The summed E-state index contributed by atoms with van der Waals surface area (Å²) in [7, 11) is -3.56. The molecule has 21 heavy (non-hydrogen) atoms. The van der Waals surface area contributed by atoms with Gasteiger partial charge < -0.3 is 10.1 Å². The number of sulfonamides is 1. The highest BCUT2D eigenvalue weighted by molar-refractivity contribution is 7.89. The number of anilines is 1. The second-order valence-electron chi connectivity index (χ2n) is 5.16. The van der Waals surface area contributed by atoms with Gasteiger partial charge in [-0.3, -0.25) is 0 Å². The van der Waals surface area contributed by atoms with E-state index in [-0.39, 0.29) is 0 Å². The molecule has 2 rings (SSSR count). The van der Waals surface area contributed by atoms with Gasteiger partial charge in [-0.25, -0.2) is 13.4 Å². The number of hydrogen-bond donors (Lipinski definition) is 2. The van der Waals surface area contributed by atoms with Crippen molar-refractivity contribution in [1.29, 1.82) is 0 Å². The number of nitrogens with zero attached hydrogens (tertiary/aromatic N) is 1. The molecular weight excluding hydrogens is 290 g/mol. The molecule has 0 spiro atoms. The van der Waals surface area contributed by atoms with Gasteiger partial charge in [0.2, 0.25) is 0 Å². The minimum atomic E-state index is -3.56. The molecule has 0 unspecified atom stereocenters. The molecule has 0 atom stereocenters. The number of benzene rings is 1. The van der Waals surface area contributed by atoms with Gasteiger partial charge >= 0.3 is 0 Å². The van der Waals surface area contributed by atoms with Gasteiger partial charge in [0.15, 0.2) is 0 Å². The van der Waals surface area contributed by atoms with E-state index in [0.29, 0.717) is 31.2 Å². The number of nitrogens with one attached hydrogen (secondary N) is 2. The first kappa shape index (κ1) is 16.2. The summed E-state index contributed by atoms with van der Waals surface area (Å²) in [5.74, 6) is 0. The quantitative estimate of drug-likeness (QED) is 0.856. The summed E-state index contributed by atoms with van der Waals surface area (Å²) in [4.78, 5) is 3.01. The predicted molar refractivity (Wildman–Crippen MR) is 82.8 cm³/mol. The van der Waals surface area contributed by atoms with Crippen LogP contribution in [0.1, 0.15) is 18.1 Å². The first-order valence-electron chi connectivity index (χ1n) is 7.14. The summed E-state index contributed by atoms with van der Waals surface area (Å²) < 4.78 is 30.4. The van der Waals surface area contributed by atoms with Gasteiger partial charge in [-0.1, -0.05) is 0 Å². The fourth-order valence-corrected chi connectivity index (χ4v) is 4.13. The van der Waals surface area contributed by atoms with Crippen molar-refractivity contribution in [2.24, 2.45) is 0 Å². The van der Waals surface area contributed by atoms with E-state index in [9.17, 15) is 8.42 Å². The standard InChI is InChI=1S/C14H23N3O3S/c1-4-15-13-9-11(2)14(12(3)10-13)21(18,19)16-17-5-7-20-8-6-17/h9-10,15-16H,4-8H2,1-3H3. The van der Waals surface area contributed by atoms with Gasteiger partial charge in [-0.15, -0.1) is 4.83 Å². The van der Waals surface area contributed by atoms with Crippen molar-refractivity contribution < 1.29 is 13.2 Å². The lowest BCUT2D eigenvalue weighted by atomic mass is 10.1. The molecule has 0 saturated carbocycles. The lowest BCUT2D eigenvalue weighted by Crippen LogP contribution is -2.48. The van der Waals surface area contributed by atoms with Crippen LogP contribution < -0.4 is 10.1 Å². The Morgan fingerprint density at radius 2 is 1.76 bits per heavy atom. The number of ether oxygens (including phenoxy) is 1. The van der Waals surface area contributed by atoms with Crippen LogP contribution in [0.5, 0.6) is 0 Å². The maximum absolute atomic E-state index is 12.6. The normalized spacial score (nSPS) is 16.9. The van der Waals surface area contributed by atoms with Gasteiger partial charge in [0.25, 0.3) is 10.0 Å². The van der Waals surface area contributed by atoms with Crippen LogP contribution in [0.2, 0.25) is 0 Å². The number of aryl methyl sites for hydroxylation is 2. The SMILES string of the molecule is CCNc1cc(C)c(S(=O)(=O)NN2CCOCC2)c(C)c1. The van der Waals surface area contributed by atoms with Crippen molar-refractivity contribution in [1.82, 2.24) is 9.84 Å². The number of hydrazine groups is 1. The van der Waals surface area contributed by atoms with E-state index in [1.165, 1.54) is 0 Å². The second kappa shape index (κ2) is 6.74. The Hall–Kier alpha value is -1.15. The maximum Gasteiger partial charge on any atom is 0.253 e. The molecule has 0 aliphatic carbocycles. The Labute approximate surface area is 126 Å². The van der Waals surface area contributed by atoms with Crippen LogP contribution in [-0.4, -0.2) is 46.3 Å². The van der Waals surface area contributed by atoms with E-state index < -0.39 is 10.0 Å². The van der Waals surface area contributed by atoms with E-state index in [4.69, 9.17) is 4.74 Å². The molecule has 1 heterocycles. The van der Waals surface area contributed by atoms with Crippen molar-refractivity contribution in [3.8, 4) is 0 Å². The van der Waals surface area contributed by atoms with Crippen molar-refractivity contribution in [3.63, 3.8) is 0 Å². The van der Waals surface area contributed by atoms with E-state index in [0.717, 1.165) is 23.4 Å². The Morgan fingerprint density at radius 3 is 2.29 bits per heavy atom. The molecule has 0 bridgehead atoms. The first-order valence-corrected chi connectivity index (χ1v) is 8.62. The molecule has 1 aromatic rings. The number of rotatable bonds is 5. The molecule has 1 aliphatic rings. The molecule has 1 aromatic carbocycles. The van der Waals surface area contributed by atoms with Crippen LogP contribution in [0.25, 0.3) is 0 Å². The molecule has 7 heteroatoms. The zero-order chi connectivity index (χ0) is 15.5. The molecule has 6 nitrogen and oxygen atoms in total.